The Morgan fingerprint density at radius 2 is 1.88 bits per heavy atom. The van der Waals surface area contributed by atoms with E-state index in [4.69, 9.17) is 9.47 Å². The molecule has 1 saturated heterocycles. The van der Waals surface area contributed by atoms with E-state index < -0.39 is 0 Å². The Kier molecular flexibility index (Phi) is 6.34. The highest BCUT2D eigenvalue weighted by Crippen LogP contribution is 2.29. The molecule has 1 amide bonds. The Bertz CT molecular complexity index is 1240. The zero-order chi connectivity index (χ0) is 23.3. The molecule has 2 aromatic carbocycles. The van der Waals surface area contributed by atoms with E-state index in [-0.39, 0.29) is 5.91 Å². The first kappa shape index (κ1) is 21.8. The lowest BCUT2D eigenvalue weighted by atomic mass is 10.1. The van der Waals surface area contributed by atoms with Crippen molar-refractivity contribution in [1.82, 2.24) is 30.1 Å². The number of carbonyl (C=O) groups is 1. The average molecular weight is 478 g/mol. The summed E-state index contributed by atoms with van der Waals surface area (Å²) in [6.07, 6.45) is 0. The van der Waals surface area contributed by atoms with Crippen molar-refractivity contribution < 1.29 is 14.3 Å². The maximum atomic E-state index is 13.2. The molecule has 0 atom stereocenters. The van der Waals surface area contributed by atoms with Crippen molar-refractivity contribution in [1.29, 1.82) is 0 Å². The zero-order valence-corrected chi connectivity index (χ0v) is 19.4. The van der Waals surface area contributed by atoms with Crippen LogP contribution in [0.15, 0.2) is 59.4 Å². The molecule has 34 heavy (non-hydrogen) atoms. The Morgan fingerprint density at radius 3 is 2.62 bits per heavy atom. The highest BCUT2D eigenvalue weighted by molar-refractivity contribution is 7.07. The predicted molar refractivity (Wildman–Crippen MR) is 127 cm³/mol. The minimum atomic E-state index is -0.0494. The van der Waals surface area contributed by atoms with Gasteiger partial charge in [-0.2, -0.15) is 4.68 Å². The van der Waals surface area contributed by atoms with Gasteiger partial charge in [-0.15, -0.1) is 11.3 Å². The van der Waals surface area contributed by atoms with Crippen molar-refractivity contribution in [2.75, 3.05) is 38.2 Å². The van der Waals surface area contributed by atoms with Crippen molar-refractivity contribution in [3.8, 4) is 17.2 Å². The minimum Gasteiger partial charge on any atom is -0.493 e. The molecule has 1 aliphatic heterocycles. The number of anilines is 1. The Labute approximate surface area is 200 Å². The molecule has 11 heteroatoms. The lowest BCUT2D eigenvalue weighted by molar-refractivity contribution is 0.0745. The van der Waals surface area contributed by atoms with Crippen LogP contribution >= 0.6 is 11.3 Å². The molecule has 0 N–H and O–H groups in total. The first-order valence-electron chi connectivity index (χ1n) is 10.8. The van der Waals surface area contributed by atoms with E-state index in [1.165, 1.54) is 11.3 Å². The Hall–Kier alpha value is -3.99. The van der Waals surface area contributed by atoms with Gasteiger partial charge in [0.05, 0.1) is 24.0 Å². The van der Waals surface area contributed by atoms with Gasteiger partial charge in [0.25, 0.3) is 5.91 Å². The molecule has 1 fully saturated rings. The molecule has 1 aliphatic rings. The van der Waals surface area contributed by atoms with E-state index in [2.05, 4.69) is 25.4 Å². The quantitative estimate of drug-likeness (QED) is 0.401. The van der Waals surface area contributed by atoms with Crippen LogP contribution in [0.3, 0.4) is 0 Å². The number of nitrogens with zero attached hydrogens (tertiary/aromatic N) is 7. The molecule has 3 heterocycles. The van der Waals surface area contributed by atoms with Gasteiger partial charge in [-0.25, -0.2) is 4.98 Å². The van der Waals surface area contributed by atoms with Gasteiger partial charge in [-0.1, -0.05) is 23.3 Å². The molecular weight excluding hydrogens is 454 g/mol. The number of thiazole rings is 1. The smallest absolute Gasteiger partial charge is 0.254 e. The number of hydrogen-bond donors (Lipinski definition) is 0. The molecule has 0 aliphatic carbocycles. The van der Waals surface area contributed by atoms with Gasteiger partial charge in [0.1, 0.15) is 6.61 Å². The maximum absolute atomic E-state index is 13.2. The maximum Gasteiger partial charge on any atom is 0.254 e. The predicted octanol–water partition coefficient (Wildman–Crippen LogP) is 2.67. The SMILES string of the molecule is COc1cc(C(=O)N2CCN(c3nnnn3-c3ccccc3)CC2)ccc1OCc1cscn1. The van der Waals surface area contributed by atoms with Crippen LogP contribution in [0.1, 0.15) is 16.1 Å². The first-order valence-corrected chi connectivity index (χ1v) is 11.7. The zero-order valence-electron chi connectivity index (χ0n) is 18.6. The largest absolute Gasteiger partial charge is 0.493 e. The molecule has 0 saturated carbocycles. The molecule has 5 rings (SSSR count). The van der Waals surface area contributed by atoms with Crippen LogP contribution in [0, 0.1) is 0 Å². The average Bonchev–Trinajstić information content (AvgIpc) is 3.60. The van der Waals surface area contributed by atoms with E-state index in [1.807, 2.05) is 40.6 Å². The van der Waals surface area contributed by atoms with Crippen LogP contribution in [0.2, 0.25) is 0 Å². The van der Waals surface area contributed by atoms with Crippen LogP contribution in [0.25, 0.3) is 5.69 Å². The molecule has 10 nitrogen and oxygen atoms in total. The van der Waals surface area contributed by atoms with Gasteiger partial charge >= 0.3 is 0 Å². The summed E-state index contributed by atoms with van der Waals surface area (Å²) in [4.78, 5) is 21.3. The number of para-hydroxylation sites is 1. The monoisotopic (exact) mass is 477 g/mol. The van der Waals surface area contributed by atoms with Crippen LogP contribution in [0.4, 0.5) is 5.95 Å². The summed E-state index contributed by atoms with van der Waals surface area (Å²) in [5.41, 5.74) is 4.06. The molecule has 174 valence electrons. The molecular formula is C23H23N7O3S. The van der Waals surface area contributed by atoms with E-state index in [9.17, 15) is 4.79 Å². The summed E-state index contributed by atoms with van der Waals surface area (Å²) in [6, 6.07) is 15.0. The second-order valence-electron chi connectivity index (χ2n) is 7.64. The summed E-state index contributed by atoms with van der Waals surface area (Å²) in [5, 5.41) is 14.1. The molecule has 2 aromatic heterocycles. The number of carbonyl (C=O) groups excluding carboxylic acids is 1. The van der Waals surface area contributed by atoms with E-state index in [0.29, 0.717) is 55.8 Å². The summed E-state index contributed by atoms with van der Waals surface area (Å²) in [6.45, 7) is 2.73. The van der Waals surface area contributed by atoms with Crippen LogP contribution in [0.5, 0.6) is 11.5 Å². The topological polar surface area (TPSA) is 98.5 Å². The summed E-state index contributed by atoms with van der Waals surface area (Å²) in [7, 11) is 1.56. The van der Waals surface area contributed by atoms with Gasteiger partial charge in [-0.3, -0.25) is 4.79 Å². The van der Waals surface area contributed by atoms with Gasteiger partial charge < -0.3 is 19.3 Å². The number of amides is 1. The Balaban J connectivity index is 1.23. The van der Waals surface area contributed by atoms with Crippen molar-refractivity contribution in [2.45, 2.75) is 6.61 Å². The molecule has 0 unspecified atom stereocenters. The minimum absolute atomic E-state index is 0.0494. The lowest BCUT2D eigenvalue weighted by Crippen LogP contribution is -2.49. The number of methoxy groups -OCH3 is 1. The van der Waals surface area contributed by atoms with E-state index >= 15 is 0 Å². The third-order valence-corrected chi connectivity index (χ3v) is 6.21. The molecule has 4 aromatic rings. The van der Waals surface area contributed by atoms with Crippen LogP contribution in [-0.4, -0.2) is 69.3 Å². The van der Waals surface area contributed by atoms with E-state index in [0.717, 1.165) is 11.4 Å². The fourth-order valence-corrected chi connectivity index (χ4v) is 4.33. The van der Waals surface area contributed by atoms with Crippen molar-refractivity contribution in [2.24, 2.45) is 0 Å². The van der Waals surface area contributed by atoms with E-state index in [1.54, 1.807) is 35.5 Å². The Morgan fingerprint density at radius 1 is 1.06 bits per heavy atom. The van der Waals surface area contributed by atoms with Crippen LogP contribution in [-0.2, 0) is 6.61 Å². The van der Waals surface area contributed by atoms with Gasteiger partial charge in [0, 0.05) is 37.1 Å². The van der Waals surface area contributed by atoms with Crippen molar-refractivity contribution in [3.05, 3.63) is 70.7 Å². The lowest BCUT2D eigenvalue weighted by Gasteiger charge is -2.34. The molecule has 0 spiro atoms. The summed E-state index contributed by atoms with van der Waals surface area (Å²) in [5.74, 6) is 1.71. The second-order valence-corrected chi connectivity index (χ2v) is 8.36. The fourth-order valence-electron chi connectivity index (χ4n) is 3.79. The first-order chi connectivity index (χ1) is 16.7. The fraction of sp³-hybridized carbons (Fsp3) is 0.261. The van der Waals surface area contributed by atoms with Gasteiger partial charge in [0.2, 0.25) is 5.95 Å². The number of ether oxygens (including phenoxy) is 2. The summed E-state index contributed by atoms with van der Waals surface area (Å²) >= 11 is 1.52. The number of rotatable bonds is 7. The molecule has 0 radical (unpaired) electrons. The third-order valence-electron chi connectivity index (χ3n) is 5.57. The number of aromatic nitrogens is 5. The summed E-state index contributed by atoms with van der Waals surface area (Å²) < 4.78 is 13.0. The number of hydrogen-bond acceptors (Lipinski definition) is 9. The van der Waals surface area contributed by atoms with Gasteiger partial charge in [-0.05, 0) is 40.8 Å². The second kappa shape index (κ2) is 9.87. The number of piperazine rings is 1. The van der Waals surface area contributed by atoms with Crippen molar-refractivity contribution >= 4 is 23.2 Å². The highest BCUT2D eigenvalue weighted by Gasteiger charge is 2.26. The highest BCUT2D eigenvalue weighted by atomic mass is 32.1. The number of tetrazole rings is 1. The number of benzene rings is 2. The van der Waals surface area contributed by atoms with Gasteiger partial charge in [0.15, 0.2) is 11.5 Å². The normalized spacial score (nSPS) is 13.7. The van der Waals surface area contributed by atoms with Crippen LogP contribution < -0.4 is 14.4 Å². The van der Waals surface area contributed by atoms with Crippen molar-refractivity contribution in [3.63, 3.8) is 0 Å². The molecule has 0 bridgehead atoms. The third kappa shape index (κ3) is 4.55. The standard InChI is InChI=1S/C23H23N7O3S/c1-32-21-13-17(7-8-20(21)33-14-18-15-34-16-24-18)22(31)28-9-11-29(12-10-28)23-25-26-27-30(23)19-5-3-2-4-6-19/h2-8,13,15-16H,9-12,14H2,1H3.